The van der Waals surface area contributed by atoms with Crippen LogP contribution in [-0.2, 0) is 43.3 Å². The number of aliphatic hydroxyl groups excluding tert-OH is 1. The monoisotopic (exact) mass is 814 g/mol. The zero-order valence-electron chi connectivity index (χ0n) is 29.6. The van der Waals surface area contributed by atoms with Gasteiger partial charge in [0.05, 0.1) is 39.9 Å². The number of phosphoric ester groups is 1. The average molecular weight is 815 g/mol. The van der Waals surface area contributed by atoms with E-state index in [1.807, 2.05) is 0 Å². The fourth-order valence-corrected chi connectivity index (χ4v) is 7.93. The molecule has 23 nitrogen and oxygen atoms in total. The second-order valence-corrected chi connectivity index (χ2v) is 15.3. The molecule has 55 heavy (non-hydrogen) atoms. The summed E-state index contributed by atoms with van der Waals surface area (Å²) in [5.41, 5.74) is 5.68. The Labute approximate surface area is 311 Å². The van der Waals surface area contributed by atoms with Crippen molar-refractivity contribution in [1.82, 2.24) is 34.2 Å². The van der Waals surface area contributed by atoms with Gasteiger partial charge in [-0.2, -0.15) is 0 Å². The number of nitrogens with one attached hydrogen (secondary N) is 2. The SMILES string of the molecule is COc1ccc(CCNP(=O)(O)OC[C@H]2O[C@@H](n3ccc(=O)[nH]c3=O)[C@H](OC)[C@@H]2OP(=O)(O)OC[C@H]2O[C@@H](n3cnc4c(N)ncnc43)C[C@@H]2O)cc1OC. The Bertz CT molecular complexity index is 2190. The highest BCUT2D eigenvalue weighted by molar-refractivity contribution is 7.50. The first-order valence-electron chi connectivity index (χ1n) is 16.6. The van der Waals surface area contributed by atoms with Gasteiger partial charge in [0.15, 0.2) is 29.2 Å². The number of hydrogen-bond acceptors (Lipinski definition) is 17. The molecule has 0 aliphatic carbocycles. The first-order chi connectivity index (χ1) is 26.2. The Morgan fingerprint density at radius 2 is 1.75 bits per heavy atom. The van der Waals surface area contributed by atoms with E-state index in [1.165, 1.54) is 38.6 Å². The van der Waals surface area contributed by atoms with Crippen molar-refractivity contribution in [2.24, 2.45) is 0 Å². The fraction of sp³-hybridized carbons (Fsp3) is 0.500. The van der Waals surface area contributed by atoms with Crippen LogP contribution in [0.3, 0.4) is 0 Å². The number of methoxy groups -OCH3 is 3. The van der Waals surface area contributed by atoms with Crippen LogP contribution < -0.4 is 31.5 Å². The first-order valence-corrected chi connectivity index (χ1v) is 19.6. The number of ether oxygens (including phenoxy) is 5. The van der Waals surface area contributed by atoms with Crippen LogP contribution in [0, 0.1) is 0 Å². The highest BCUT2D eigenvalue weighted by atomic mass is 31.2. The lowest BCUT2D eigenvalue weighted by Crippen LogP contribution is -2.40. The molecule has 2 fully saturated rings. The van der Waals surface area contributed by atoms with Gasteiger partial charge in [0.1, 0.15) is 42.5 Å². The Morgan fingerprint density at radius 3 is 2.47 bits per heavy atom. The number of nitrogen functional groups attached to an aromatic ring is 1. The van der Waals surface area contributed by atoms with E-state index >= 15 is 0 Å². The highest BCUT2D eigenvalue weighted by Crippen LogP contribution is 2.50. The quantitative estimate of drug-likeness (QED) is 0.0764. The smallest absolute Gasteiger partial charge is 0.472 e. The van der Waals surface area contributed by atoms with Gasteiger partial charge in [0.2, 0.25) is 0 Å². The van der Waals surface area contributed by atoms with E-state index in [0.717, 1.165) is 22.4 Å². The molecular weight excluding hydrogens is 774 g/mol. The van der Waals surface area contributed by atoms with Gasteiger partial charge in [-0.15, -0.1) is 0 Å². The van der Waals surface area contributed by atoms with Gasteiger partial charge in [-0.1, -0.05) is 6.07 Å². The number of nitrogens with zero attached hydrogens (tertiary/aromatic N) is 5. The summed E-state index contributed by atoms with van der Waals surface area (Å²) in [5.74, 6) is 1.13. The molecule has 2 saturated heterocycles. The van der Waals surface area contributed by atoms with E-state index in [1.54, 1.807) is 18.2 Å². The summed E-state index contributed by atoms with van der Waals surface area (Å²) in [6, 6.07) is 6.19. The van der Waals surface area contributed by atoms with Crippen LogP contribution in [-0.4, -0.2) is 116 Å². The number of benzene rings is 1. The first kappa shape index (κ1) is 40.6. The molecule has 3 aromatic heterocycles. The van der Waals surface area contributed by atoms with Crippen molar-refractivity contribution in [2.75, 3.05) is 46.8 Å². The summed E-state index contributed by atoms with van der Waals surface area (Å²) in [7, 11) is -5.43. The number of anilines is 1. The lowest BCUT2D eigenvalue weighted by Gasteiger charge is -2.26. The number of H-pyrrole nitrogens is 1. The number of aromatic amines is 1. The minimum absolute atomic E-state index is 0.0146. The van der Waals surface area contributed by atoms with E-state index in [4.69, 9.17) is 43.0 Å². The zero-order chi connectivity index (χ0) is 39.5. The predicted octanol–water partition coefficient (Wildman–Crippen LogP) is -0.0118. The minimum atomic E-state index is -5.08. The lowest BCUT2D eigenvalue weighted by molar-refractivity contribution is -0.0611. The van der Waals surface area contributed by atoms with Crippen LogP contribution in [0.15, 0.2) is 52.7 Å². The summed E-state index contributed by atoms with van der Waals surface area (Å²) in [4.78, 5) is 60.2. The molecule has 0 radical (unpaired) electrons. The number of aromatic nitrogens is 6. The van der Waals surface area contributed by atoms with Crippen molar-refractivity contribution in [1.29, 1.82) is 0 Å². The summed E-state index contributed by atoms with van der Waals surface area (Å²) < 4.78 is 72.8. The molecule has 0 bridgehead atoms. The molecule has 0 spiro atoms. The summed E-state index contributed by atoms with van der Waals surface area (Å²) in [5, 5.41) is 13.2. The van der Waals surface area contributed by atoms with Crippen molar-refractivity contribution >= 4 is 32.6 Å². The molecule has 1 aromatic carbocycles. The van der Waals surface area contributed by atoms with E-state index in [-0.39, 0.29) is 25.2 Å². The maximum Gasteiger partial charge on any atom is 0.472 e. The van der Waals surface area contributed by atoms with Crippen LogP contribution in [0.4, 0.5) is 5.82 Å². The third kappa shape index (κ3) is 9.31. The second-order valence-electron chi connectivity index (χ2n) is 12.3. The van der Waals surface area contributed by atoms with E-state index < -0.39 is 83.0 Å². The topological polar surface area (TPSA) is 305 Å². The number of hydrogen-bond donors (Lipinski definition) is 6. The zero-order valence-corrected chi connectivity index (χ0v) is 31.4. The van der Waals surface area contributed by atoms with Crippen molar-refractivity contribution in [3.63, 3.8) is 0 Å². The van der Waals surface area contributed by atoms with Crippen LogP contribution in [0.25, 0.3) is 11.2 Å². The number of rotatable bonds is 17. The normalized spacial score (nSPS) is 26.2. The molecule has 2 unspecified atom stereocenters. The Hall–Kier alpha value is -4.09. The van der Waals surface area contributed by atoms with Crippen LogP contribution in [0.2, 0.25) is 0 Å². The van der Waals surface area contributed by atoms with Crippen molar-refractivity contribution < 1.29 is 61.3 Å². The molecule has 7 N–H and O–H groups in total. The Kier molecular flexibility index (Phi) is 12.5. The van der Waals surface area contributed by atoms with Gasteiger partial charge >= 0.3 is 21.3 Å². The van der Waals surface area contributed by atoms with Gasteiger partial charge in [-0.3, -0.25) is 32.5 Å². The molecule has 2 aliphatic heterocycles. The van der Waals surface area contributed by atoms with Gasteiger partial charge in [0, 0.05) is 32.3 Å². The van der Waals surface area contributed by atoms with Crippen molar-refractivity contribution in [3.8, 4) is 11.5 Å². The van der Waals surface area contributed by atoms with E-state index in [9.17, 15) is 33.6 Å². The lowest BCUT2D eigenvalue weighted by atomic mass is 10.1. The minimum Gasteiger partial charge on any atom is -0.493 e. The molecule has 0 amide bonds. The van der Waals surface area contributed by atoms with E-state index in [2.05, 4.69) is 25.0 Å². The predicted molar refractivity (Wildman–Crippen MR) is 188 cm³/mol. The average Bonchev–Trinajstić information content (AvgIpc) is 3.84. The van der Waals surface area contributed by atoms with Gasteiger partial charge in [-0.25, -0.2) is 34.0 Å². The third-order valence-corrected chi connectivity index (χ3v) is 10.9. The molecule has 6 rings (SSSR count). The molecule has 4 aromatic rings. The number of aliphatic hydroxyl groups is 1. The van der Waals surface area contributed by atoms with Crippen LogP contribution >= 0.6 is 15.6 Å². The maximum absolute atomic E-state index is 13.4. The largest absolute Gasteiger partial charge is 0.493 e. The second kappa shape index (κ2) is 17.0. The number of fused-ring (bicyclic) bond motifs is 1. The fourth-order valence-electron chi connectivity index (χ4n) is 6.14. The van der Waals surface area contributed by atoms with Crippen molar-refractivity contribution in [3.05, 3.63) is 69.5 Å². The summed E-state index contributed by atoms with van der Waals surface area (Å²) in [6.07, 6.45) is -4.67. The molecule has 300 valence electrons. The highest BCUT2D eigenvalue weighted by Gasteiger charge is 2.51. The summed E-state index contributed by atoms with van der Waals surface area (Å²) >= 11 is 0. The standard InChI is InChI=1S/C30H40N8O15P2/c1-46-18-5-4-16(10-19(18)47-2)6-8-35-54(42,43)49-13-21-25(26(48-3)29(52-21)37-9-7-22(40)36-30(37)41)53-55(44,45)50-12-20-17(39)11-23(51-20)38-15-34-24-27(31)32-14-33-28(24)38/h4-5,7,9-10,14-15,17,20-21,23,25-26,29,39H,6,8,11-13H2,1-3H3,(H,44,45)(H2,31,32,33)(H2,35,42,43)(H,36,40,41)/t17-,20+,21+,23+,25+,26+,29+/m0/s1. The van der Waals surface area contributed by atoms with Crippen LogP contribution in [0.5, 0.6) is 11.5 Å². The molecule has 9 atom stereocenters. The van der Waals surface area contributed by atoms with Gasteiger partial charge < -0.3 is 44.3 Å². The maximum atomic E-state index is 13.4. The van der Waals surface area contributed by atoms with Gasteiger partial charge in [-0.05, 0) is 24.1 Å². The molecule has 0 saturated carbocycles. The van der Waals surface area contributed by atoms with E-state index in [0.29, 0.717) is 22.7 Å². The molecule has 5 heterocycles. The summed E-state index contributed by atoms with van der Waals surface area (Å²) in [6.45, 7) is -1.35. The number of nitrogens with two attached hydrogens (primary N) is 1. The number of imidazole rings is 1. The van der Waals surface area contributed by atoms with Crippen molar-refractivity contribution in [2.45, 2.75) is 55.8 Å². The molecule has 25 heteroatoms. The van der Waals surface area contributed by atoms with Gasteiger partial charge in [0.25, 0.3) is 5.56 Å². The molecule has 2 aliphatic rings. The Morgan fingerprint density at radius 1 is 0.982 bits per heavy atom. The molecular formula is C30H40N8O15P2. The van der Waals surface area contributed by atoms with Crippen LogP contribution in [0.1, 0.15) is 24.4 Å². The third-order valence-electron chi connectivity index (χ3n) is 8.83. The number of phosphoric acid groups is 1. The Balaban J connectivity index is 1.12.